The molecule has 1 saturated heterocycles. The number of rotatable bonds is 5. The van der Waals surface area contributed by atoms with Crippen molar-refractivity contribution >= 4 is 37.3 Å². The summed E-state index contributed by atoms with van der Waals surface area (Å²) in [6, 6.07) is 12.6. The van der Waals surface area contributed by atoms with Crippen molar-refractivity contribution in [3.63, 3.8) is 0 Å². The van der Waals surface area contributed by atoms with E-state index in [1.54, 1.807) is 18.2 Å². The highest BCUT2D eigenvalue weighted by atomic mass is 79.9. The molecule has 1 aliphatic rings. The fraction of sp³-hybridized carbons (Fsp3) is 0.333. The minimum atomic E-state index is -3.64. The number of nitrogens with one attached hydrogen (secondary N) is 1. The number of morpholine rings is 1. The lowest BCUT2D eigenvalue weighted by atomic mass is 10.2. The maximum absolute atomic E-state index is 12.8. The van der Waals surface area contributed by atoms with E-state index in [1.165, 1.54) is 0 Å². The summed E-state index contributed by atoms with van der Waals surface area (Å²) in [5, 5.41) is 0. The molecule has 1 aliphatic heterocycles. The van der Waals surface area contributed by atoms with Crippen LogP contribution in [-0.2, 0) is 21.2 Å². The Hall–Kier alpha value is -1.57. The largest absolute Gasteiger partial charge is 0.378 e. The highest BCUT2D eigenvalue weighted by Crippen LogP contribution is 2.31. The molecule has 5 nitrogen and oxygen atoms in total. The lowest BCUT2D eigenvalue weighted by molar-refractivity contribution is 0.123. The minimum absolute atomic E-state index is 0.262. The second-order valence-corrected chi connectivity index (χ2v) is 8.46. The van der Waals surface area contributed by atoms with Gasteiger partial charge in [-0.3, -0.25) is 4.72 Å². The summed E-state index contributed by atoms with van der Waals surface area (Å²) in [6.07, 6.45) is 0.876. The van der Waals surface area contributed by atoms with E-state index in [0.29, 0.717) is 18.9 Å². The molecule has 0 bridgehead atoms. The molecule has 1 fully saturated rings. The van der Waals surface area contributed by atoms with Crippen LogP contribution in [-0.4, -0.2) is 34.7 Å². The van der Waals surface area contributed by atoms with Gasteiger partial charge in [0, 0.05) is 17.6 Å². The SMILES string of the molecule is CCc1ccc(S(=O)(=O)Nc2cc(Br)ccc2N2CCOCC2)cc1. The third-order valence-electron chi connectivity index (χ3n) is 4.20. The van der Waals surface area contributed by atoms with Gasteiger partial charge in [-0.15, -0.1) is 0 Å². The quantitative estimate of drug-likeness (QED) is 0.795. The average molecular weight is 425 g/mol. The van der Waals surface area contributed by atoms with Crippen LogP contribution >= 0.6 is 15.9 Å². The summed E-state index contributed by atoms with van der Waals surface area (Å²) in [6.45, 7) is 4.79. The van der Waals surface area contributed by atoms with Gasteiger partial charge in [-0.05, 0) is 42.3 Å². The van der Waals surface area contributed by atoms with Crippen LogP contribution in [0.2, 0.25) is 0 Å². The first-order valence-electron chi connectivity index (χ1n) is 8.23. The van der Waals surface area contributed by atoms with Gasteiger partial charge in [-0.25, -0.2) is 8.42 Å². The summed E-state index contributed by atoms with van der Waals surface area (Å²) in [4.78, 5) is 2.39. The van der Waals surface area contributed by atoms with Crippen molar-refractivity contribution in [1.82, 2.24) is 0 Å². The molecular formula is C18H21BrN2O3S. The number of nitrogens with zero attached hydrogens (tertiary/aromatic N) is 1. The van der Waals surface area contributed by atoms with Gasteiger partial charge in [0.25, 0.3) is 10.0 Å². The Balaban J connectivity index is 1.91. The van der Waals surface area contributed by atoms with Gasteiger partial charge in [0.2, 0.25) is 0 Å². The molecule has 3 rings (SSSR count). The number of hydrogen-bond acceptors (Lipinski definition) is 4. The first-order valence-corrected chi connectivity index (χ1v) is 10.5. The summed E-state index contributed by atoms with van der Waals surface area (Å²) in [5.41, 5.74) is 2.53. The first-order chi connectivity index (χ1) is 12.0. The molecule has 25 heavy (non-hydrogen) atoms. The maximum Gasteiger partial charge on any atom is 0.261 e. The zero-order chi connectivity index (χ0) is 17.9. The Bertz CT molecular complexity index is 832. The van der Waals surface area contributed by atoms with Crippen LogP contribution in [0.25, 0.3) is 0 Å². The smallest absolute Gasteiger partial charge is 0.261 e. The summed E-state index contributed by atoms with van der Waals surface area (Å²) in [5.74, 6) is 0. The molecule has 0 spiro atoms. The third-order valence-corrected chi connectivity index (χ3v) is 6.07. The summed E-state index contributed by atoms with van der Waals surface area (Å²) >= 11 is 3.42. The van der Waals surface area contributed by atoms with E-state index in [-0.39, 0.29) is 4.90 Å². The molecule has 1 N–H and O–H groups in total. The van der Waals surface area contributed by atoms with Crippen LogP contribution in [0.3, 0.4) is 0 Å². The van der Waals surface area contributed by atoms with Gasteiger partial charge >= 0.3 is 0 Å². The number of benzene rings is 2. The monoisotopic (exact) mass is 424 g/mol. The Morgan fingerprint density at radius 3 is 2.44 bits per heavy atom. The molecule has 2 aromatic rings. The molecule has 0 unspecified atom stereocenters. The normalized spacial score (nSPS) is 15.2. The standard InChI is InChI=1S/C18H21BrN2O3S/c1-2-14-3-6-16(7-4-14)25(22,23)20-17-13-15(19)5-8-18(17)21-9-11-24-12-10-21/h3-8,13,20H,2,9-12H2,1H3. The van der Waals surface area contributed by atoms with Crippen molar-refractivity contribution in [3.05, 3.63) is 52.5 Å². The summed E-state index contributed by atoms with van der Waals surface area (Å²) in [7, 11) is -3.64. The van der Waals surface area contributed by atoms with Crippen LogP contribution in [0.15, 0.2) is 51.8 Å². The van der Waals surface area contributed by atoms with Crippen LogP contribution in [0.1, 0.15) is 12.5 Å². The maximum atomic E-state index is 12.8. The van der Waals surface area contributed by atoms with Crippen molar-refractivity contribution in [2.75, 3.05) is 35.9 Å². The van der Waals surface area contributed by atoms with E-state index in [1.807, 2.05) is 31.2 Å². The number of halogens is 1. The van der Waals surface area contributed by atoms with E-state index >= 15 is 0 Å². The fourth-order valence-corrected chi connectivity index (χ4v) is 4.20. The zero-order valence-electron chi connectivity index (χ0n) is 14.0. The van der Waals surface area contributed by atoms with E-state index in [9.17, 15) is 8.42 Å². The molecule has 0 saturated carbocycles. The Morgan fingerprint density at radius 1 is 1.12 bits per heavy atom. The van der Waals surface area contributed by atoms with E-state index in [0.717, 1.165) is 35.2 Å². The predicted molar refractivity (Wildman–Crippen MR) is 104 cm³/mol. The predicted octanol–water partition coefficient (Wildman–Crippen LogP) is 3.65. The van der Waals surface area contributed by atoms with Gasteiger partial charge in [-0.1, -0.05) is 35.0 Å². The van der Waals surface area contributed by atoms with Crippen LogP contribution in [0.5, 0.6) is 0 Å². The Labute approximate surface area is 157 Å². The molecule has 0 aliphatic carbocycles. The fourth-order valence-electron chi connectivity index (χ4n) is 2.78. The topological polar surface area (TPSA) is 58.6 Å². The number of ether oxygens (including phenoxy) is 1. The highest BCUT2D eigenvalue weighted by Gasteiger charge is 2.20. The lowest BCUT2D eigenvalue weighted by Gasteiger charge is -2.30. The van der Waals surface area contributed by atoms with Crippen molar-refractivity contribution in [2.24, 2.45) is 0 Å². The van der Waals surface area contributed by atoms with Gasteiger partial charge in [0.1, 0.15) is 0 Å². The first kappa shape index (κ1) is 18.2. The van der Waals surface area contributed by atoms with Gasteiger partial charge in [0.05, 0.1) is 29.5 Å². The molecule has 2 aromatic carbocycles. The lowest BCUT2D eigenvalue weighted by Crippen LogP contribution is -2.36. The Kier molecular flexibility index (Phi) is 5.66. The molecule has 134 valence electrons. The van der Waals surface area contributed by atoms with E-state index in [4.69, 9.17) is 4.74 Å². The highest BCUT2D eigenvalue weighted by molar-refractivity contribution is 9.10. The molecular weight excluding hydrogens is 404 g/mol. The van der Waals surface area contributed by atoms with Crippen LogP contribution < -0.4 is 9.62 Å². The molecule has 0 atom stereocenters. The van der Waals surface area contributed by atoms with E-state index < -0.39 is 10.0 Å². The van der Waals surface area contributed by atoms with Gasteiger partial charge in [-0.2, -0.15) is 0 Å². The molecule has 0 aromatic heterocycles. The van der Waals surface area contributed by atoms with Gasteiger partial charge < -0.3 is 9.64 Å². The van der Waals surface area contributed by atoms with Crippen LogP contribution in [0, 0.1) is 0 Å². The number of anilines is 2. The average Bonchev–Trinajstić information content (AvgIpc) is 2.62. The van der Waals surface area contributed by atoms with Crippen LogP contribution in [0.4, 0.5) is 11.4 Å². The van der Waals surface area contributed by atoms with Crippen molar-refractivity contribution in [3.8, 4) is 0 Å². The zero-order valence-corrected chi connectivity index (χ0v) is 16.4. The molecule has 1 heterocycles. The molecule has 7 heteroatoms. The van der Waals surface area contributed by atoms with Crippen molar-refractivity contribution in [1.29, 1.82) is 0 Å². The Morgan fingerprint density at radius 2 is 1.80 bits per heavy atom. The van der Waals surface area contributed by atoms with Crippen molar-refractivity contribution in [2.45, 2.75) is 18.2 Å². The molecule has 0 radical (unpaired) electrons. The number of sulfonamides is 1. The molecule has 0 amide bonds. The second-order valence-electron chi connectivity index (χ2n) is 5.86. The van der Waals surface area contributed by atoms with E-state index in [2.05, 4.69) is 25.6 Å². The number of hydrogen-bond donors (Lipinski definition) is 1. The second kappa shape index (κ2) is 7.76. The van der Waals surface area contributed by atoms with Crippen molar-refractivity contribution < 1.29 is 13.2 Å². The summed E-state index contributed by atoms with van der Waals surface area (Å²) < 4.78 is 34.5. The third kappa shape index (κ3) is 4.34. The number of aryl methyl sites for hydroxylation is 1. The minimum Gasteiger partial charge on any atom is -0.378 e. The van der Waals surface area contributed by atoms with Gasteiger partial charge in [0.15, 0.2) is 0 Å².